The van der Waals surface area contributed by atoms with E-state index >= 15 is 0 Å². The van der Waals surface area contributed by atoms with Crippen LogP contribution in [0.4, 0.5) is 13.2 Å². The minimum Gasteiger partial charge on any atom is -0.372 e. The highest BCUT2D eigenvalue weighted by Gasteiger charge is 2.27. The largest absolute Gasteiger partial charge is 0.411 e. The van der Waals surface area contributed by atoms with Gasteiger partial charge in [-0.15, -0.1) is 0 Å². The van der Waals surface area contributed by atoms with Crippen molar-refractivity contribution in [2.45, 2.75) is 59.2 Å². The Labute approximate surface area is 115 Å². The summed E-state index contributed by atoms with van der Waals surface area (Å²) in [6.45, 7) is 8.61. The average molecular weight is 283 g/mol. The van der Waals surface area contributed by atoms with Crippen LogP contribution < -0.4 is 5.32 Å². The fourth-order valence-corrected chi connectivity index (χ4v) is 2.29. The number of ether oxygens (including phenoxy) is 1. The highest BCUT2D eigenvalue weighted by molar-refractivity contribution is 4.75. The van der Waals surface area contributed by atoms with Crippen LogP contribution in [0, 0.1) is 11.8 Å². The van der Waals surface area contributed by atoms with Crippen molar-refractivity contribution in [3.8, 4) is 0 Å². The lowest BCUT2D eigenvalue weighted by Crippen LogP contribution is -2.36. The van der Waals surface area contributed by atoms with Crippen LogP contribution in [0.25, 0.3) is 0 Å². The molecule has 0 rings (SSSR count). The van der Waals surface area contributed by atoms with Gasteiger partial charge in [-0.05, 0) is 44.6 Å². The lowest BCUT2D eigenvalue weighted by atomic mass is 9.85. The molecule has 116 valence electrons. The average Bonchev–Trinajstić information content (AvgIpc) is 2.28. The van der Waals surface area contributed by atoms with Crippen LogP contribution in [0.2, 0.25) is 0 Å². The van der Waals surface area contributed by atoms with E-state index in [1.54, 1.807) is 0 Å². The van der Waals surface area contributed by atoms with Gasteiger partial charge < -0.3 is 10.1 Å². The minimum absolute atomic E-state index is 0.184. The topological polar surface area (TPSA) is 21.3 Å². The first-order valence-corrected chi connectivity index (χ1v) is 7.15. The summed E-state index contributed by atoms with van der Waals surface area (Å²) in [6.07, 6.45) is -1.55. The van der Waals surface area contributed by atoms with Crippen molar-refractivity contribution in [3.63, 3.8) is 0 Å². The van der Waals surface area contributed by atoms with E-state index in [1.807, 2.05) is 0 Å². The zero-order chi connectivity index (χ0) is 14.9. The van der Waals surface area contributed by atoms with Gasteiger partial charge in [0.1, 0.15) is 6.61 Å². The van der Waals surface area contributed by atoms with Gasteiger partial charge in [0, 0.05) is 12.6 Å². The molecule has 0 aromatic carbocycles. The van der Waals surface area contributed by atoms with Crippen LogP contribution in [0.1, 0.15) is 47.0 Å². The number of halogens is 3. The summed E-state index contributed by atoms with van der Waals surface area (Å²) in [5.41, 5.74) is 0. The van der Waals surface area contributed by atoms with Gasteiger partial charge in [-0.1, -0.05) is 20.8 Å². The second-order valence-electron chi connectivity index (χ2n) is 5.46. The molecule has 0 spiro atoms. The monoisotopic (exact) mass is 283 g/mol. The third kappa shape index (κ3) is 10.2. The molecule has 0 aliphatic carbocycles. The smallest absolute Gasteiger partial charge is 0.372 e. The van der Waals surface area contributed by atoms with Crippen LogP contribution in [-0.4, -0.2) is 32.0 Å². The second kappa shape index (κ2) is 9.59. The van der Waals surface area contributed by atoms with E-state index < -0.39 is 12.8 Å². The zero-order valence-electron chi connectivity index (χ0n) is 12.5. The lowest BCUT2D eigenvalue weighted by molar-refractivity contribution is -0.174. The van der Waals surface area contributed by atoms with Crippen LogP contribution in [0.5, 0.6) is 0 Å². The molecule has 2 unspecified atom stereocenters. The Bertz CT molecular complexity index is 219. The second-order valence-corrected chi connectivity index (χ2v) is 5.46. The molecule has 2 atom stereocenters. The Morgan fingerprint density at radius 2 is 1.79 bits per heavy atom. The van der Waals surface area contributed by atoms with Crippen molar-refractivity contribution >= 4 is 0 Å². The summed E-state index contributed by atoms with van der Waals surface area (Å²) in [4.78, 5) is 0. The van der Waals surface area contributed by atoms with Gasteiger partial charge in [0.2, 0.25) is 0 Å². The molecule has 0 heterocycles. The van der Waals surface area contributed by atoms with Crippen molar-refractivity contribution in [3.05, 3.63) is 0 Å². The Kier molecular flexibility index (Phi) is 9.44. The Balaban J connectivity index is 3.89. The molecule has 2 nitrogen and oxygen atoms in total. The first-order valence-electron chi connectivity index (χ1n) is 7.15. The predicted octanol–water partition coefficient (Wildman–Crippen LogP) is 4.01. The van der Waals surface area contributed by atoms with E-state index in [9.17, 15) is 13.2 Å². The Morgan fingerprint density at radius 3 is 2.26 bits per heavy atom. The third-order valence-electron chi connectivity index (χ3n) is 3.31. The standard InChI is InChI=1S/C14H28F3NO/c1-5-8-18-12(4)13(11(2)3)7-6-9-19-10-14(15,16)17/h11-13,18H,5-10H2,1-4H3. The van der Waals surface area contributed by atoms with E-state index in [1.165, 1.54) is 0 Å². The van der Waals surface area contributed by atoms with E-state index in [-0.39, 0.29) is 6.61 Å². The molecule has 19 heavy (non-hydrogen) atoms. The van der Waals surface area contributed by atoms with Crippen LogP contribution >= 0.6 is 0 Å². The van der Waals surface area contributed by atoms with E-state index in [2.05, 4.69) is 37.7 Å². The summed E-state index contributed by atoms with van der Waals surface area (Å²) in [6, 6.07) is 0.391. The summed E-state index contributed by atoms with van der Waals surface area (Å²) < 4.78 is 40.4. The fraction of sp³-hybridized carbons (Fsp3) is 1.00. The summed E-state index contributed by atoms with van der Waals surface area (Å²) in [5.74, 6) is 0.989. The summed E-state index contributed by atoms with van der Waals surface area (Å²) in [7, 11) is 0. The van der Waals surface area contributed by atoms with Crippen molar-refractivity contribution in [1.29, 1.82) is 0 Å². The Hall–Kier alpha value is -0.290. The lowest BCUT2D eigenvalue weighted by Gasteiger charge is -2.28. The van der Waals surface area contributed by atoms with E-state index in [0.717, 1.165) is 19.4 Å². The van der Waals surface area contributed by atoms with Gasteiger partial charge in [0.25, 0.3) is 0 Å². The van der Waals surface area contributed by atoms with Gasteiger partial charge in [-0.2, -0.15) is 13.2 Å². The van der Waals surface area contributed by atoms with E-state index in [0.29, 0.717) is 24.3 Å². The molecule has 0 aliphatic heterocycles. The molecule has 0 amide bonds. The van der Waals surface area contributed by atoms with Crippen molar-refractivity contribution < 1.29 is 17.9 Å². The zero-order valence-corrected chi connectivity index (χ0v) is 12.5. The molecule has 0 saturated heterocycles. The first kappa shape index (κ1) is 18.7. The first-order chi connectivity index (χ1) is 8.78. The number of hydrogen-bond donors (Lipinski definition) is 1. The number of nitrogens with one attached hydrogen (secondary N) is 1. The normalized spacial score (nSPS) is 15.8. The molecule has 0 saturated carbocycles. The maximum atomic E-state index is 11.9. The predicted molar refractivity (Wildman–Crippen MR) is 72.2 cm³/mol. The molecule has 0 aromatic heterocycles. The number of rotatable bonds is 10. The van der Waals surface area contributed by atoms with Gasteiger partial charge >= 0.3 is 6.18 Å². The number of hydrogen-bond acceptors (Lipinski definition) is 2. The molecule has 0 radical (unpaired) electrons. The fourth-order valence-electron chi connectivity index (χ4n) is 2.29. The molecule has 0 aromatic rings. The van der Waals surface area contributed by atoms with Crippen molar-refractivity contribution in [2.75, 3.05) is 19.8 Å². The van der Waals surface area contributed by atoms with Gasteiger partial charge in [0.05, 0.1) is 0 Å². The summed E-state index contributed by atoms with van der Waals surface area (Å²) in [5, 5.41) is 3.46. The van der Waals surface area contributed by atoms with Gasteiger partial charge in [0.15, 0.2) is 0 Å². The highest BCUT2D eigenvalue weighted by atomic mass is 19.4. The maximum absolute atomic E-state index is 11.9. The van der Waals surface area contributed by atoms with Crippen molar-refractivity contribution in [2.24, 2.45) is 11.8 Å². The van der Waals surface area contributed by atoms with Crippen LogP contribution in [0.3, 0.4) is 0 Å². The van der Waals surface area contributed by atoms with E-state index in [4.69, 9.17) is 0 Å². The molecule has 0 fully saturated rings. The molecule has 0 bridgehead atoms. The maximum Gasteiger partial charge on any atom is 0.411 e. The highest BCUT2D eigenvalue weighted by Crippen LogP contribution is 2.22. The molecule has 1 N–H and O–H groups in total. The molecular weight excluding hydrogens is 255 g/mol. The number of alkyl halides is 3. The van der Waals surface area contributed by atoms with Crippen LogP contribution in [0.15, 0.2) is 0 Å². The van der Waals surface area contributed by atoms with Crippen molar-refractivity contribution in [1.82, 2.24) is 5.32 Å². The molecule has 5 heteroatoms. The van der Waals surface area contributed by atoms with Gasteiger partial charge in [-0.3, -0.25) is 0 Å². The molecule has 0 aliphatic rings. The summed E-state index contributed by atoms with van der Waals surface area (Å²) >= 11 is 0. The third-order valence-corrected chi connectivity index (χ3v) is 3.31. The van der Waals surface area contributed by atoms with Gasteiger partial charge in [-0.25, -0.2) is 0 Å². The SMILES string of the molecule is CCCNC(C)C(CCCOCC(F)(F)F)C(C)C. The Morgan fingerprint density at radius 1 is 1.16 bits per heavy atom. The molecular formula is C14H28F3NO. The van der Waals surface area contributed by atoms with Crippen LogP contribution in [-0.2, 0) is 4.74 Å². The minimum atomic E-state index is -4.21. The quantitative estimate of drug-likeness (QED) is 0.612.